The highest BCUT2D eigenvalue weighted by Gasteiger charge is 2.32. The summed E-state index contributed by atoms with van der Waals surface area (Å²) in [4.78, 5) is 2.14. The second-order valence-electron chi connectivity index (χ2n) is 10.6. The fraction of sp³-hybridized carbons (Fsp3) is 0.467. The van der Waals surface area contributed by atoms with Gasteiger partial charge < -0.3 is 29.6 Å². The predicted octanol–water partition coefficient (Wildman–Crippen LogP) is 5.95. The van der Waals surface area contributed by atoms with Crippen molar-refractivity contribution < 1.29 is 35.7 Å². The molecule has 0 unspecified atom stereocenters. The molecule has 3 aromatic rings. The molecule has 0 radical (unpaired) electrons. The molecule has 1 aromatic heterocycles. The zero-order valence-electron chi connectivity index (χ0n) is 26.0. The van der Waals surface area contributed by atoms with Gasteiger partial charge in [0.05, 0.1) is 64.3 Å². The van der Waals surface area contributed by atoms with Gasteiger partial charge >= 0.3 is 6.18 Å². The Balaban J connectivity index is 1.40. The number of halogens is 4. The minimum atomic E-state index is -4.47. The first-order valence-electron chi connectivity index (χ1n) is 15.1. The largest absolute Gasteiger partial charge is 0.495 e. The minimum Gasteiger partial charge on any atom is -0.495 e. The fourth-order valence-electron chi connectivity index (χ4n) is 5.34. The molecule has 0 bridgehead atoms. The predicted molar refractivity (Wildman–Crippen MR) is 162 cm³/mol. The third-order valence-electron chi connectivity index (χ3n) is 7.59. The molecule has 2 aliphatic heterocycles. The molecule has 226 valence electrons. The number of fused-ring (bicyclic) bond motifs is 1. The number of thiophene rings is 1. The zero-order chi connectivity index (χ0) is 32.4. The summed E-state index contributed by atoms with van der Waals surface area (Å²) in [5.74, 6) is 5.70. The Morgan fingerprint density at radius 1 is 1.24 bits per heavy atom. The van der Waals surface area contributed by atoms with Crippen LogP contribution in [-0.4, -0.2) is 82.5 Å². The molecular weight excluding hydrogens is 589 g/mol. The van der Waals surface area contributed by atoms with E-state index in [1.54, 1.807) is 30.3 Å². The Kier molecular flexibility index (Phi) is 8.20. The quantitative estimate of drug-likeness (QED) is 0.192. The molecule has 2 aliphatic rings. The van der Waals surface area contributed by atoms with Crippen molar-refractivity contribution in [2.24, 2.45) is 0 Å². The van der Waals surface area contributed by atoms with Crippen molar-refractivity contribution in [2.75, 3.05) is 69.9 Å². The molecule has 3 heterocycles. The van der Waals surface area contributed by atoms with Crippen molar-refractivity contribution in [3.05, 3.63) is 46.8 Å². The number of benzene rings is 2. The maximum Gasteiger partial charge on any atom is 0.393 e. The summed E-state index contributed by atoms with van der Waals surface area (Å²) in [6.07, 6.45) is -5.51. The van der Waals surface area contributed by atoms with Crippen LogP contribution in [0.4, 0.5) is 28.9 Å². The SMILES string of the molecule is [2H]C([2H])([2H])Oc1cc(P2(=O)CCOCC2)ccc1NCC#Cc1sc2c(N[C@H]3CCN(C)C[C@H]3F)cccc2c1CC(F)(F)F. The highest BCUT2D eigenvalue weighted by molar-refractivity contribution is 7.71. The molecule has 6 nitrogen and oxygen atoms in total. The van der Waals surface area contributed by atoms with Crippen LogP contribution in [0.1, 0.15) is 21.0 Å². The summed E-state index contributed by atoms with van der Waals surface area (Å²) >= 11 is 1.12. The minimum absolute atomic E-state index is 0.0218. The van der Waals surface area contributed by atoms with Gasteiger partial charge in [0.15, 0.2) is 0 Å². The molecule has 0 aliphatic carbocycles. The van der Waals surface area contributed by atoms with Crippen LogP contribution < -0.4 is 20.7 Å². The van der Waals surface area contributed by atoms with Crippen LogP contribution in [0.5, 0.6) is 5.75 Å². The molecule has 2 aromatic carbocycles. The second-order valence-corrected chi connectivity index (χ2v) is 14.8. The molecule has 0 spiro atoms. The first-order chi connectivity index (χ1) is 21.2. The number of methoxy groups -OCH3 is 1. The number of hydrogen-bond acceptors (Lipinski definition) is 7. The van der Waals surface area contributed by atoms with Crippen LogP contribution in [0, 0.1) is 11.8 Å². The van der Waals surface area contributed by atoms with E-state index in [0.717, 1.165) is 11.3 Å². The molecule has 2 N–H and O–H groups in total. The monoisotopic (exact) mass is 626 g/mol. The maximum atomic E-state index is 14.8. The standard InChI is InChI=1S/C30H34F4N3O3PS/c1-37-12-10-24(23(31)19-37)36-26-6-3-5-21-22(18-30(32,33)34)28(42-29(21)26)7-4-11-35-25-9-8-20(17-27(25)39-2)41(38)15-13-40-14-16-41/h3,5-6,8-9,17,23-24,35-36H,10-16,18-19H2,1-2H3/t23-,24+/m1/s1/i2D3. The normalized spacial score (nSPS) is 22.4. The van der Waals surface area contributed by atoms with E-state index in [4.69, 9.17) is 13.6 Å². The van der Waals surface area contributed by atoms with Crippen LogP contribution >= 0.6 is 18.5 Å². The summed E-state index contributed by atoms with van der Waals surface area (Å²) in [5, 5.41) is 7.11. The van der Waals surface area contributed by atoms with Gasteiger partial charge in [0, 0.05) is 30.7 Å². The maximum absolute atomic E-state index is 14.8. The highest BCUT2D eigenvalue weighted by atomic mass is 32.1. The number of rotatable bonds is 7. The Morgan fingerprint density at radius 3 is 2.79 bits per heavy atom. The molecule has 42 heavy (non-hydrogen) atoms. The lowest BCUT2D eigenvalue weighted by Crippen LogP contribution is -2.46. The molecule has 2 fully saturated rings. The van der Waals surface area contributed by atoms with Gasteiger partial charge in [0.25, 0.3) is 0 Å². The summed E-state index contributed by atoms with van der Waals surface area (Å²) in [6.45, 7) is 1.64. The highest BCUT2D eigenvalue weighted by Crippen LogP contribution is 2.47. The summed E-state index contributed by atoms with van der Waals surface area (Å²) in [6, 6.07) is 9.24. The van der Waals surface area contributed by atoms with Crippen molar-refractivity contribution in [3.8, 4) is 17.6 Å². The lowest BCUT2D eigenvalue weighted by atomic mass is 10.0. The van der Waals surface area contributed by atoms with E-state index in [9.17, 15) is 22.1 Å². The number of likely N-dealkylation sites (tertiary alicyclic amines) is 1. The van der Waals surface area contributed by atoms with Gasteiger partial charge in [-0.1, -0.05) is 24.0 Å². The van der Waals surface area contributed by atoms with Crippen molar-refractivity contribution in [3.63, 3.8) is 0 Å². The Hall–Kier alpha value is -2.77. The lowest BCUT2D eigenvalue weighted by Gasteiger charge is -2.33. The van der Waals surface area contributed by atoms with E-state index in [0.29, 0.717) is 65.3 Å². The van der Waals surface area contributed by atoms with Crippen LogP contribution in [0.15, 0.2) is 36.4 Å². The van der Waals surface area contributed by atoms with E-state index in [1.807, 2.05) is 11.9 Å². The Morgan fingerprint density at radius 2 is 2.05 bits per heavy atom. The van der Waals surface area contributed by atoms with Gasteiger partial charge in [-0.3, -0.25) is 0 Å². The number of nitrogens with zero attached hydrogens (tertiary/aromatic N) is 1. The third-order valence-corrected chi connectivity index (χ3v) is 11.8. The zero-order valence-corrected chi connectivity index (χ0v) is 24.7. The van der Waals surface area contributed by atoms with Crippen molar-refractivity contribution in [1.29, 1.82) is 0 Å². The van der Waals surface area contributed by atoms with E-state index in [2.05, 4.69) is 22.5 Å². The molecule has 0 amide bonds. The van der Waals surface area contributed by atoms with Crippen molar-refractivity contribution in [1.82, 2.24) is 4.90 Å². The number of alkyl halides is 4. The first-order valence-corrected chi connectivity index (χ1v) is 16.5. The lowest BCUT2D eigenvalue weighted by molar-refractivity contribution is -0.126. The number of hydrogen-bond donors (Lipinski definition) is 2. The summed E-state index contributed by atoms with van der Waals surface area (Å²) < 4.78 is 103. The van der Waals surface area contributed by atoms with Crippen LogP contribution in [-0.2, 0) is 15.7 Å². The van der Waals surface area contributed by atoms with Gasteiger partial charge in [-0.05, 0) is 48.7 Å². The average molecular weight is 627 g/mol. The summed E-state index contributed by atoms with van der Waals surface area (Å²) in [5.41, 5.74) is 0.913. The van der Waals surface area contributed by atoms with Gasteiger partial charge in [0.1, 0.15) is 19.1 Å². The van der Waals surface area contributed by atoms with E-state index < -0.39 is 39.0 Å². The van der Waals surface area contributed by atoms with Crippen molar-refractivity contribution >= 4 is 45.2 Å². The van der Waals surface area contributed by atoms with Gasteiger partial charge in [-0.2, -0.15) is 13.2 Å². The van der Waals surface area contributed by atoms with Gasteiger partial charge in [0.2, 0.25) is 0 Å². The second kappa shape index (κ2) is 12.8. The molecule has 0 saturated carbocycles. The van der Waals surface area contributed by atoms with Crippen LogP contribution in [0.3, 0.4) is 0 Å². The molecule has 5 rings (SSSR count). The topological polar surface area (TPSA) is 62.8 Å². The first kappa shape index (κ1) is 26.8. The van der Waals surface area contributed by atoms with Crippen molar-refractivity contribution in [2.45, 2.75) is 31.2 Å². The molecular formula is C30H34F4N3O3PS. The Labute approximate surface area is 251 Å². The van der Waals surface area contributed by atoms with Gasteiger partial charge in [-0.25, -0.2) is 4.39 Å². The number of ether oxygens (including phenoxy) is 2. The molecule has 2 saturated heterocycles. The molecule has 12 heteroatoms. The van der Waals surface area contributed by atoms with Crippen LogP contribution in [0.2, 0.25) is 0 Å². The number of piperidine rings is 1. The van der Waals surface area contributed by atoms with E-state index in [-0.39, 0.29) is 29.3 Å². The average Bonchev–Trinajstić information content (AvgIpc) is 3.29. The number of nitrogens with one attached hydrogen (secondary N) is 2. The van der Waals surface area contributed by atoms with Gasteiger partial charge in [-0.15, -0.1) is 11.3 Å². The van der Waals surface area contributed by atoms with E-state index >= 15 is 0 Å². The van der Waals surface area contributed by atoms with E-state index in [1.165, 1.54) is 6.07 Å². The smallest absolute Gasteiger partial charge is 0.393 e. The fourth-order valence-corrected chi connectivity index (χ4v) is 8.79. The Bertz CT molecular complexity index is 1630. The number of anilines is 2. The summed E-state index contributed by atoms with van der Waals surface area (Å²) in [7, 11) is -3.69. The van der Waals surface area contributed by atoms with Crippen LogP contribution in [0.25, 0.3) is 10.1 Å². The third kappa shape index (κ3) is 7.05. The molecule has 2 atom stereocenters.